The van der Waals surface area contributed by atoms with Crippen molar-refractivity contribution in [2.75, 3.05) is 0 Å². The number of hydrogen-bond acceptors (Lipinski definition) is 2. The SMILES string of the molecule is Oc1ccccc1.[H-].[Li+].c1ccc2ncccc2c1. The molecule has 0 saturated heterocycles. The normalized spacial score (nSPS) is 8.89. The van der Waals surface area contributed by atoms with Crippen molar-refractivity contribution in [3.63, 3.8) is 0 Å². The zero-order valence-electron chi connectivity index (χ0n) is 11.3. The van der Waals surface area contributed by atoms with Gasteiger partial charge in [0.2, 0.25) is 0 Å². The Morgan fingerprint density at radius 1 is 0.778 bits per heavy atom. The number of benzene rings is 2. The number of aromatic hydroxyl groups is 1. The fourth-order valence-corrected chi connectivity index (χ4v) is 1.44. The zero-order valence-corrected chi connectivity index (χ0v) is 10.3. The van der Waals surface area contributed by atoms with Gasteiger partial charge >= 0.3 is 18.9 Å². The topological polar surface area (TPSA) is 33.1 Å². The molecule has 0 unspecified atom stereocenters. The van der Waals surface area contributed by atoms with Crippen LogP contribution in [0.15, 0.2) is 72.9 Å². The molecular weight excluding hydrogens is 217 g/mol. The van der Waals surface area contributed by atoms with Crippen LogP contribution in [0.2, 0.25) is 0 Å². The molecule has 3 heteroatoms. The predicted molar refractivity (Wildman–Crippen MR) is 71.0 cm³/mol. The number of rotatable bonds is 0. The van der Waals surface area contributed by atoms with E-state index in [9.17, 15) is 0 Å². The maximum atomic E-state index is 8.63. The first-order valence-electron chi connectivity index (χ1n) is 5.40. The Bertz CT molecular complexity index is 524. The predicted octanol–water partition coefficient (Wildman–Crippen LogP) is 0.743. The van der Waals surface area contributed by atoms with E-state index in [4.69, 9.17) is 5.11 Å². The Labute approximate surface area is 120 Å². The first-order chi connectivity index (χ1) is 8.36. The third kappa shape index (κ3) is 4.25. The minimum atomic E-state index is 0. The van der Waals surface area contributed by atoms with Crippen LogP contribution >= 0.6 is 0 Å². The van der Waals surface area contributed by atoms with E-state index >= 15 is 0 Å². The number of pyridine rings is 1. The summed E-state index contributed by atoms with van der Waals surface area (Å²) in [7, 11) is 0. The molecule has 0 aliphatic carbocycles. The van der Waals surface area contributed by atoms with E-state index in [1.165, 1.54) is 5.39 Å². The van der Waals surface area contributed by atoms with Crippen molar-refractivity contribution >= 4 is 10.9 Å². The third-order valence-corrected chi connectivity index (χ3v) is 2.27. The van der Waals surface area contributed by atoms with Crippen molar-refractivity contribution in [3.8, 4) is 5.75 Å². The van der Waals surface area contributed by atoms with Crippen LogP contribution in [0.25, 0.3) is 10.9 Å². The van der Waals surface area contributed by atoms with Gasteiger partial charge in [-0.1, -0.05) is 42.5 Å². The van der Waals surface area contributed by atoms with Crippen molar-refractivity contribution in [2.45, 2.75) is 0 Å². The van der Waals surface area contributed by atoms with Gasteiger partial charge in [0.15, 0.2) is 0 Å². The Kier molecular flexibility index (Phi) is 6.00. The summed E-state index contributed by atoms with van der Waals surface area (Å²) >= 11 is 0. The molecule has 0 atom stereocenters. The van der Waals surface area contributed by atoms with E-state index in [0.717, 1.165) is 5.52 Å². The molecule has 2 nitrogen and oxygen atoms in total. The van der Waals surface area contributed by atoms with E-state index in [1.54, 1.807) is 24.3 Å². The molecule has 0 aliphatic rings. The van der Waals surface area contributed by atoms with E-state index in [2.05, 4.69) is 17.1 Å². The summed E-state index contributed by atoms with van der Waals surface area (Å²) in [6.07, 6.45) is 1.81. The maximum absolute atomic E-state index is 8.63. The average molecular weight is 231 g/mol. The van der Waals surface area contributed by atoms with Crippen LogP contribution in [0, 0.1) is 0 Å². The van der Waals surface area contributed by atoms with Crippen LogP contribution in [0.3, 0.4) is 0 Å². The molecule has 86 valence electrons. The van der Waals surface area contributed by atoms with Gasteiger partial charge in [-0.2, -0.15) is 0 Å². The zero-order chi connectivity index (χ0) is 11.9. The van der Waals surface area contributed by atoms with Gasteiger partial charge in [0.05, 0.1) is 5.52 Å². The van der Waals surface area contributed by atoms with Gasteiger partial charge < -0.3 is 6.53 Å². The molecular formula is C15H14LiNO. The van der Waals surface area contributed by atoms with E-state index in [-0.39, 0.29) is 20.3 Å². The van der Waals surface area contributed by atoms with Gasteiger partial charge in [-0.15, -0.1) is 0 Å². The number of nitrogens with zero attached hydrogens (tertiary/aromatic N) is 1. The fraction of sp³-hybridized carbons (Fsp3) is 0. The minimum absolute atomic E-state index is 0. The quantitative estimate of drug-likeness (QED) is 0.579. The van der Waals surface area contributed by atoms with Gasteiger partial charge in [-0.3, -0.25) is 4.98 Å². The molecule has 0 aliphatic heterocycles. The third-order valence-electron chi connectivity index (χ3n) is 2.27. The number of hydrogen-bond donors (Lipinski definition) is 1. The monoisotopic (exact) mass is 231 g/mol. The minimum Gasteiger partial charge on any atom is -1.00 e. The summed E-state index contributed by atoms with van der Waals surface area (Å²) in [5.41, 5.74) is 1.06. The van der Waals surface area contributed by atoms with E-state index < -0.39 is 0 Å². The summed E-state index contributed by atoms with van der Waals surface area (Å²) < 4.78 is 0. The number of para-hydroxylation sites is 2. The van der Waals surface area contributed by atoms with Gasteiger partial charge in [0, 0.05) is 11.6 Å². The van der Waals surface area contributed by atoms with E-state index in [0.29, 0.717) is 5.75 Å². The maximum Gasteiger partial charge on any atom is 1.00 e. The van der Waals surface area contributed by atoms with Crippen LogP contribution in [-0.4, -0.2) is 10.1 Å². The van der Waals surface area contributed by atoms with Gasteiger partial charge in [0.1, 0.15) is 5.75 Å². The molecule has 0 saturated carbocycles. The second-order valence-corrected chi connectivity index (χ2v) is 3.53. The largest absolute Gasteiger partial charge is 1.00 e. The molecule has 0 fully saturated rings. The summed E-state index contributed by atoms with van der Waals surface area (Å²) in [6, 6.07) is 20.8. The summed E-state index contributed by atoms with van der Waals surface area (Å²) in [4.78, 5) is 4.18. The smallest absolute Gasteiger partial charge is 1.00 e. The molecule has 3 rings (SSSR count). The summed E-state index contributed by atoms with van der Waals surface area (Å²) in [5, 5.41) is 9.83. The fourth-order valence-electron chi connectivity index (χ4n) is 1.44. The Balaban J connectivity index is 0.000000325. The van der Waals surface area contributed by atoms with Crippen molar-refractivity contribution < 1.29 is 25.4 Å². The number of phenolic OH excluding ortho intramolecular Hbond substituents is 1. The summed E-state index contributed by atoms with van der Waals surface area (Å²) in [5.74, 6) is 0.322. The Morgan fingerprint density at radius 2 is 1.39 bits per heavy atom. The van der Waals surface area contributed by atoms with Crippen molar-refractivity contribution in [1.29, 1.82) is 0 Å². The van der Waals surface area contributed by atoms with Gasteiger partial charge in [-0.05, 0) is 24.3 Å². The van der Waals surface area contributed by atoms with Gasteiger partial charge in [0.25, 0.3) is 0 Å². The molecule has 0 bridgehead atoms. The molecule has 2 aromatic carbocycles. The summed E-state index contributed by atoms with van der Waals surface area (Å²) in [6.45, 7) is 0. The second kappa shape index (κ2) is 7.55. The first-order valence-corrected chi connectivity index (χ1v) is 5.40. The molecule has 1 heterocycles. The number of fused-ring (bicyclic) bond motifs is 1. The standard InChI is InChI=1S/C9H7N.C6H6O.Li.H/c1-2-6-9-8(4-1)5-3-7-10-9;7-6-4-2-1-3-5-6;;/h1-7H;1-5,7H;;/q;;+1;-1. The molecule has 0 radical (unpaired) electrons. The average Bonchev–Trinajstić information content (AvgIpc) is 2.41. The number of phenols is 1. The molecule has 0 spiro atoms. The van der Waals surface area contributed by atoms with Crippen LogP contribution in [0.1, 0.15) is 1.43 Å². The molecule has 18 heavy (non-hydrogen) atoms. The Morgan fingerprint density at radius 3 is 2.00 bits per heavy atom. The van der Waals surface area contributed by atoms with Crippen molar-refractivity contribution in [3.05, 3.63) is 72.9 Å². The van der Waals surface area contributed by atoms with Crippen LogP contribution < -0.4 is 18.9 Å². The van der Waals surface area contributed by atoms with E-state index in [1.807, 2.05) is 36.5 Å². The first kappa shape index (κ1) is 14.3. The van der Waals surface area contributed by atoms with Crippen molar-refractivity contribution in [1.82, 2.24) is 4.98 Å². The molecule has 0 amide bonds. The molecule has 1 N–H and O–H groups in total. The Hall–Kier alpha value is -1.75. The number of aromatic nitrogens is 1. The van der Waals surface area contributed by atoms with Gasteiger partial charge in [-0.25, -0.2) is 0 Å². The van der Waals surface area contributed by atoms with Crippen LogP contribution in [-0.2, 0) is 0 Å². The molecule has 1 aromatic heterocycles. The van der Waals surface area contributed by atoms with Crippen LogP contribution in [0.5, 0.6) is 5.75 Å². The van der Waals surface area contributed by atoms with Crippen molar-refractivity contribution in [2.24, 2.45) is 0 Å². The molecule has 3 aromatic rings. The second-order valence-electron chi connectivity index (χ2n) is 3.53. The van der Waals surface area contributed by atoms with Crippen LogP contribution in [0.4, 0.5) is 0 Å².